The maximum Gasteiger partial charge on any atom is 0.270 e. The van der Waals surface area contributed by atoms with Crippen LogP contribution in [0.4, 0.5) is 0 Å². The van der Waals surface area contributed by atoms with Crippen LogP contribution in [0.2, 0.25) is 0 Å². The van der Waals surface area contributed by atoms with Gasteiger partial charge in [0.15, 0.2) is 0 Å². The highest BCUT2D eigenvalue weighted by Crippen LogP contribution is 2.31. The molecule has 0 spiro atoms. The van der Waals surface area contributed by atoms with Crippen molar-refractivity contribution in [2.24, 2.45) is 0 Å². The average Bonchev–Trinajstić information content (AvgIpc) is 3.24. The molecule has 2 N–H and O–H groups in total. The summed E-state index contributed by atoms with van der Waals surface area (Å²) in [6.07, 6.45) is 3.79. The summed E-state index contributed by atoms with van der Waals surface area (Å²) in [7, 11) is 0. The van der Waals surface area contributed by atoms with Crippen molar-refractivity contribution in [3.63, 3.8) is 0 Å². The van der Waals surface area contributed by atoms with Crippen LogP contribution in [0.3, 0.4) is 0 Å². The molecule has 0 radical (unpaired) electrons. The molecule has 0 aliphatic carbocycles. The molecule has 3 heterocycles. The molecule has 1 aliphatic heterocycles. The van der Waals surface area contributed by atoms with Crippen LogP contribution in [0.5, 0.6) is 0 Å². The van der Waals surface area contributed by atoms with Gasteiger partial charge in [0, 0.05) is 29.3 Å². The highest BCUT2D eigenvalue weighted by atomic mass is 16.2. The van der Waals surface area contributed by atoms with Gasteiger partial charge in [-0.2, -0.15) is 0 Å². The number of nitrogens with zero attached hydrogens (tertiary/aromatic N) is 2. The quantitative estimate of drug-likeness (QED) is 0.762. The predicted octanol–water partition coefficient (Wildman–Crippen LogP) is 3.18. The Morgan fingerprint density at radius 2 is 2.18 bits per heavy atom. The molecule has 1 amide bonds. The molecule has 3 aromatic rings. The first-order valence-corrected chi connectivity index (χ1v) is 7.62. The first-order chi connectivity index (χ1) is 10.7. The second-order valence-corrected chi connectivity index (χ2v) is 5.88. The number of benzene rings is 1. The third-order valence-electron chi connectivity index (χ3n) is 4.31. The van der Waals surface area contributed by atoms with E-state index in [9.17, 15) is 4.79 Å². The van der Waals surface area contributed by atoms with E-state index in [1.807, 2.05) is 48.4 Å². The van der Waals surface area contributed by atoms with Gasteiger partial charge >= 0.3 is 0 Å². The molecule has 1 aliphatic rings. The molecule has 1 unspecified atom stereocenters. The molecular formula is C17H18N4O. The number of H-pyrrole nitrogens is 2. The molecule has 4 rings (SSSR count). The van der Waals surface area contributed by atoms with Crippen LogP contribution < -0.4 is 0 Å². The Labute approximate surface area is 128 Å². The second-order valence-electron chi connectivity index (χ2n) is 5.88. The normalized spacial score (nSPS) is 18.2. The molecular weight excluding hydrogens is 276 g/mol. The second kappa shape index (κ2) is 5.02. The molecule has 1 saturated heterocycles. The third kappa shape index (κ3) is 2.09. The van der Waals surface area contributed by atoms with E-state index in [2.05, 4.69) is 15.0 Å². The summed E-state index contributed by atoms with van der Waals surface area (Å²) in [6, 6.07) is 9.93. The van der Waals surface area contributed by atoms with Gasteiger partial charge in [-0.1, -0.05) is 18.2 Å². The standard InChI is InChI=1S/C17H18N4O/c1-11-10-18-16(19-11)15-7-4-8-21(15)17(22)14-9-12-5-2-3-6-13(12)20-14/h2-3,5-6,9-10,15,20H,4,7-8H2,1H3,(H,18,19). The van der Waals surface area contributed by atoms with Crippen LogP contribution in [0.25, 0.3) is 10.9 Å². The predicted molar refractivity (Wildman–Crippen MR) is 84.6 cm³/mol. The lowest BCUT2D eigenvalue weighted by Crippen LogP contribution is -2.31. The lowest BCUT2D eigenvalue weighted by Gasteiger charge is -2.22. The fourth-order valence-corrected chi connectivity index (χ4v) is 3.24. The van der Waals surface area contributed by atoms with E-state index in [-0.39, 0.29) is 11.9 Å². The number of fused-ring (bicyclic) bond motifs is 1. The van der Waals surface area contributed by atoms with Crippen LogP contribution in [0.1, 0.15) is 40.9 Å². The molecule has 1 aromatic carbocycles. The van der Waals surface area contributed by atoms with Gasteiger partial charge in [-0.3, -0.25) is 4.79 Å². The van der Waals surface area contributed by atoms with E-state index in [1.165, 1.54) is 0 Å². The molecule has 0 saturated carbocycles. The Morgan fingerprint density at radius 1 is 1.32 bits per heavy atom. The number of carbonyl (C=O) groups excluding carboxylic acids is 1. The van der Waals surface area contributed by atoms with Crippen molar-refractivity contribution in [1.29, 1.82) is 0 Å². The largest absolute Gasteiger partial charge is 0.351 e. The minimum atomic E-state index is 0.0487. The average molecular weight is 294 g/mol. The lowest BCUT2D eigenvalue weighted by atomic mass is 10.2. The summed E-state index contributed by atoms with van der Waals surface area (Å²) >= 11 is 0. The smallest absolute Gasteiger partial charge is 0.270 e. The van der Waals surface area contributed by atoms with Crippen LogP contribution in [0, 0.1) is 6.92 Å². The summed E-state index contributed by atoms with van der Waals surface area (Å²) in [5.41, 5.74) is 2.67. The van der Waals surface area contributed by atoms with E-state index < -0.39 is 0 Å². The zero-order valence-electron chi connectivity index (χ0n) is 12.5. The Kier molecular flexibility index (Phi) is 2.99. The van der Waals surface area contributed by atoms with Crippen molar-refractivity contribution in [2.45, 2.75) is 25.8 Å². The number of para-hydroxylation sites is 1. The number of nitrogens with one attached hydrogen (secondary N) is 2. The van der Waals surface area contributed by atoms with Crippen molar-refractivity contribution in [2.75, 3.05) is 6.54 Å². The number of aryl methyl sites for hydroxylation is 1. The van der Waals surface area contributed by atoms with Crippen molar-refractivity contribution >= 4 is 16.8 Å². The first kappa shape index (κ1) is 13.1. The van der Waals surface area contributed by atoms with Gasteiger partial charge in [0.2, 0.25) is 0 Å². The number of imidazole rings is 1. The molecule has 2 aromatic heterocycles. The SMILES string of the molecule is Cc1cnc(C2CCCN2C(=O)c2cc3ccccc3[nH]2)[nH]1. The molecule has 1 fully saturated rings. The topological polar surface area (TPSA) is 64.8 Å². The Hall–Kier alpha value is -2.56. The Balaban J connectivity index is 1.66. The van der Waals surface area contributed by atoms with Crippen LogP contribution in [-0.2, 0) is 0 Å². The van der Waals surface area contributed by atoms with Gasteiger partial charge in [0.05, 0.1) is 6.04 Å². The summed E-state index contributed by atoms with van der Waals surface area (Å²) in [4.78, 5) is 25.7. The van der Waals surface area contributed by atoms with E-state index in [4.69, 9.17) is 0 Å². The van der Waals surface area contributed by atoms with Crippen molar-refractivity contribution in [1.82, 2.24) is 19.9 Å². The number of hydrogen-bond acceptors (Lipinski definition) is 2. The first-order valence-electron chi connectivity index (χ1n) is 7.62. The highest BCUT2D eigenvalue weighted by molar-refractivity contribution is 5.98. The number of likely N-dealkylation sites (tertiary alicyclic amines) is 1. The number of carbonyl (C=O) groups is 1. The van der Waals surface area contributed by atoms with Crippen LogP contribution in [0.15, 0.2) is 36.5 Å². The van der Waals surface area contributed by atoms with E-state index in [0.29, 0.717) is 5.69 Å². The number of aromatic amines is 2. The van der Waals surface area contributed by atoms with E-state index in [0.717, 1.165) is 41.8 Å². The third-order valence-corrected chi connectivity index (χ3v) is 4.31. The van der Waals surface area contributed by atoms with Crippen LogP contribution >= 0.6 is 0 Å². The molecule has 5 nitrogen and oxygen atoms in total. The zero-order chi connectivity index (χ0) is 15.1. The number of amides is 1. The minimum absolute atomic E-state index is 0.0487. The maximum atomic E-state index is 12.9. The minimum Gasteiger partial charge on any atom is -0.351 e. The molecule has 112 valence electrons. The fraction of sp³-hybridized carbons (Fsp3) is 0.294. The summed E-state index contributed by atoms with van der Waals surface area (Å²) in [5.74, 6) is 0.937. The summed E-state index contributed by atoms with van der Waals surface area (Å²) in [5, 5.41) is 1.07. The van der Waals surface area contributed by atoms with Crippen molar-refractivity contribution in [3.8, 4) is 0 Å². The van der Waals surface area contributed by atoms with Crippen molar-refractivity contribution < 1.29 is 4.79 Å². The van der Waals surface area contributed by atoms with Gasteiger partial charge in [-0.25, -0.2) is 4.98 Å². The molecule has 5 heteroatoms. The highest BCUT2D eigenvalue weighted by Gasteiger charge is 2.32. The summed E-state index contributed by atoms with van der Waals surface area (Å²) < 4.78 is 0. The fourth-order valence-electron chi connectivity index (χ4n) is 3.24. The van der Waals surface area contributed by atoms with Gasteiger partial charge in [-0.05, 0) is 31.9 Å². The zero-order valence-corrected chi connectivity index (χ0v) is 12.5. The van der Waals surface area contributed by atoms with Gasteiger partial charge in [0.1, 0.15) is 11.5 Å². The monoisotopic (exact) mass is 294 g/mol. The Bertz CT molecular complexity index is 799. The number of hydrogen-bond donors (Lipinski definition) is 2. The molecule has 1 atom stereocenters. The van der Waals surface area contributed by atoms with Gasteiger partial charge in [0.25, 0.3) is 5.91 Å². The number of rotatable bonds is 2. The molecule has 22 heavy (non-hydrogen) atoms. The summed E-state index contributed by atoms with van der Waals surface area (Å²) in [6.45, 7) is 2.76. The lowest BCUT2D eigenvalue weighted by molar-refractivity contribution is 0.0725. The van der Waals surface area contributed by atoms with Gasteiger partial charge < -0.3 is 14.9 Å². The van der Waals surface area contributed by atoms with E-state index in [1.54, 1.807) is 0 Å². The van der Waals surface area contributed by atoms with E-state index >= 15 is 0 Å². The van der Waals surface area contributed by atoms with Gasteiger partial charge in [-0.15, -0.1) is 0 Å². The van der Waals surface area contributed by atoms with Crippen molar-refractivity contribution in [3.05, 3.63) is 53.7 Å². The number of aromatic nitrogens is 3. The Morgan fingerprint density at radius 3 is 2.95 bits per heavy atom. The molecule has 0 bridgehead atoms. The maximum absolute atomic E-state index is 12.9. The van der Waals surface area contributed by atoms with Crippen LogP contribution in [-0.4, -0.2) is 32.3 Å².